The van der Waals surface area contributed by atoms with E-state index in [0.717, 1.165) is 20.3 Å². The molecule has 90 valence electrons. The van der Waals surface area contributed by atoms with Crippen molar-refractivity contribution in [3.63, 3.8) is 0 Å². The fourth-order valence-corrected chi connectivity index (χ4v) is 1.19. The Kier molecular flexibility index (Phi) is 3.93. The molecule has 1 rings (SSSR count). The van der Waals surface area contributed by atoms with Crippen LogP contribution >= 0.6 is 0 Å². The van der Waals surface area contributed by atoms with Gasteiger partial charge in [0, 0.05) is 0 Å². The molecule has 0 aromatic carbocycles. The van der Waals surface area contributed by atoms with E-state index >= 15 is 0 Å². The summed E-state index contributed by atoms with van der Waals surface area (Å²) in [5.41, 5.74) is -1.16. The number of nitriles is 1. The number of aromatic nitrogens is 1. The summed E-state index contributed by atoms with van der Waals surface area (Å²) in [6.45, 7) is 0. The van der Waals surface area contributed by atoms with E-state index in [-0.39, 0.29) is 17.0 Å². The minimum atomic E-state index is -2.86. The SMILES string of the molecule is COC(=O)c1c(C#N)cc(C(F)F)nc1OC. The lowest BCUT2D eigenvalue weighted by Gasteiger charge is -2.09. The predicted molar refractivity (Wildman–Crippen MR) is 51.8 cm³/mol. The van der Waals surface area contributed by atoms with E-state index in [1.165, 1.54) is 0 Å². The van der Waals surface area contributed by atoms with Gasteiger partial charge in [-0.15, -0.1) is 0 Å². The third-order valence-corrected chi connectivity index (χ3v) is 1.93. The number of hydrogen-bond donors (Lipinski definition) is 0. The maximum Gasteiger partial charge on any atom is 0.344 e. The molecule has 0 amide bonds. The Morgan fingerprint density at radius 2 is 2.18 bits per heavy atom. The van der Waals surface area contributed by atoms with E-state index in [4.69, 9.17) is 10.00 Å². The van der Waals surface area contributed by atoms with Crippen LogP contribution in [0.4, 0.5) is 8.78 Å². The number of methoxy groups -OCH3 is 2. The molecule has 0 aliphatic carbocycles. The molecule has 0 unspecified atom stereocenters. The molecular weight excluding hydrogens is 234 g/mol. The first-order valence-electron chi connectivity index (χ1n) is 4.40. The van der Waals surface area contributed by atoms with Crippen molar-refractivity contribution in [2.45, 2.75) is 6.43 Å². The van der Waals surface area contributed by atoms with Crippen LogP contribution in [-0.2, 0) is 4.74 Å². The molecule has 7 heteroatoms. The third-order valence-electron chi connectivity index (χ3n) is 1.93. The highest BCUT2D eigenvalue weighted by molar-refractivity contribution is 5.94. The van der Waals surface area contributed by atoms with Gasteiger partial charge in [-0.2, -0.15) is 5.26 Å². The van der Waals surface area contributed by atoms with Crippen LogP contribution in [0.3, 0.4) is 0 Å². The Bertz CT molecular complexity index is 483. The quantitative estimate of drug-likeness (QED) is 0.754. The molecule has 1 aromatic heterocycles. The molecule has 0 spiro atoms. The monoisotopic (exact) mass is 242 g/mol. The second-order valence-electron chi connectivity index (χ2n) is 2.88. The molecule has 0 aliphatic heterocycles. The zero-order valence-electron chi connectivity index (χ0n) is 9.03. The summed E-state index contributed by atoms with van der Waals surface area (Å²) in [4.78, 5) is 14.8. The summed E-state index contributed by atoms with van der Waals surface area (Å²) in [5, 5.41) is 8.80. The Balaban J connectivity index is 3.48. The predicted octanol–water partition coefficient (Wildman–Crippen LogP) is 1.69. The molecule has 0 saturated heterocycles. The zero-order valence-corrected chi connectivity index (χ0v) is 9.03. The van der Waals surface area contributed by atoms with Gasteiger partial charge >= 0.3 is 5.97 Å². The number of hydrogen-bond acceptors (Lipinski definition) is 5. The Morgan fingerprint density at radius 1 is 1.53 bits per heavy atom. The van der Waals surface area contributed by atoms with E-state index in [0.29, 0.717) is 0 Å². The highest BCUT2D eigenvalue weighted by Crippen LogP contribution is 2.26. The summed E-state index contributed by atoms with van der Waals surface area (Å²) in [6.07, 6.45) is -2.86. The number of carbonyl (C=O) groups is 1. The minimum absolute atomic E-state index is 0.262. The number of nitrogens with zero attached hydrogens (tertiary/aromatic N) is 2. The molecule has 0 atom stereocenters. The number of alkyl halides is 2. The molecule has 0 saturated carbocycles. The van der Waals surface area contributed by atoms with Crippen molar-refractivity contribution in [3.8, 4) is 11.9 Å². The maximum atomic E-state index is 12.5. The van der Waals surface area contributed by atoms with Gasteiger partial charge in [-0.3, -0.25) is 0 Å². The van der Waals surface area contributed by atoms with Gasteiger partial charge in [-0.1, -0.05) is 0 Å². The molecule has 0 aliphatic rings. The van der Waals surface area contributed by atoms with Gasteiger partial charge in [-0.05, 0) is 6.07 Å². The number of carbonyl (C=O) groups excluding carboxylic acids is 1. The van der Waals surface area contributed by atoms with Gasteiger partial charge in [0.15, 0.2) is 0 Å². The number of pyridine rings is 1. The summed E-state index contributed by atoms with van der Waals surface area (Å²) < 4.78 is 34.1. The van der Waals surface area contributed by atoms with Crippen molar-refractivity contribution in [1.29, 1.82) is 5.26 Å². The van der Waals surface area contributed by atoms with Crippen molar-refractivity contribution < 1.29 is 23.0 Å². The average molecular weight is 242 g/mol. The van der Waals surface area contributed by atoms with Gasteiger partial charge in [0.2, 0.25) is 5.88 Å². The highest BCUT2D eigenvalue weighted by Gasteiger charge is 2.23. The molecule has 1 aromatic rings. The van der Waals surface area contributed by atoms with Crippen LogP contribution in [0.2, 0.25) is 0 Å². The van der Waals surface area contributed by atoms with Crippen LogP contribution in [0, 0.1) is 11.3 Å². The lowest BCUT2D eigenvalue weighted by molar-refractivity contribution is 0.0594. The van der Waals surface area contributed by atoms with Crippen molar-refractivity contribution in [2.24, 2.45) is 0 Å². The summed E-state index contributed by atoms with van der Waals surface area (Å²) >= 11 is 0. The second-order valence-corrected chi connectivity index (χ2v) is 2.88. The van der Waals surface area contributed by atoms with Crippen LogP contribution < -0.4 is 4.74 Å². The molecule has 0 fully saturated rings. The van der Waals surface area contributed by atoms with Gasteiger partial charge in [0.05, 0.1) is 19.8 Å². The fourth-order valence-electron chi connectivity index (χ4n) is 1.19. The van der Waals surface area contributed by atoms with Crippen molar-refractivity contribution in [2.75, 3.05) is 14.2 Å². The van der Waals surface area contributed by atoms with Crippen LogP contribution in [0.25, 0.3) is 0 Å². The van der Waals surface area contributed by atoms with Crippen LogP contribution in [0.1, 0.15) is 28.0 Å². The maximum absolute atomic E-state index is 12.5. The number of ether oxygens (including phenoxy) is 2. The molecule has 0 N–H and O–H groups in total. The standard InChI is InChI=1S/C10H8F2N2O3/c1-16-9-7(10(15)17-2)5(4-13)3-6(14-9)8(11)12/h3,8H,1-2H3. The molecule has 0 radical (unpaired) electrons. The summed E-state index contributed by atoms with van der Waals surface area (Å²) in [7, 11) is 2.26. The molecule has 1 heterocycles. The number of halogens is 2. The largest absolute Gasteiger partial charge is 0.480 e. The molecule has 5 nitrogen and oxygen atoms in total. The van der Waals surface area contributed by atoms with Gasteiger partial charge < -0.3 is 9.47 Å². The van der Waals surface area contributed by atoms with E-state index in [1.54, 1.807) is 6.07 Å². The highest BCUT2D eigenvalue weighted by atomic mass is 19.3. The van der Waals surface area contributed by atoms with Crippen molar-refractivity contribution >= 4 is 5.97 Å². The lowest BCUT2D eigenvalue weighted by Crippen LogP contribution is -2.10. The Morgan fingerprint density at radius 3 is 2.59 bits per heavy atom. The summed E-state index contributed by atoms with van der Waals surface area (Å²) in [5.74, 6) is -1.22. The fraction of sp³-hybridized carbons (Fsp3) is 0.300. The molecule has 17 heavy (non-hydrogen) atoms. The van der Waals surface area contributed by atoms with E-state index in [9.17, 15) is 13.6 Å². The van der Waals surface area contributed by atoms with Gasteiger partial charge in [-0.25, -0.2) is 18.6 Å². The van der Waals surface area contributed by atoms with E-state index in [1.807, 2.05) is 0 Å². The molecular formula is C10H8F2N2O3. The number of esters is 1. The van der Waals surface area contributed by atoms with Gasteiger partial charge in [0.25, 0.3) is 6.43 Å². The Hall–Kier alpha value is -2.23. The zero-order chi connectivity index (χ0) is 13.0. The van der Waals surface area contributed by atoms with Gasteiger partial charge in [0.1, 0.15) is 17.3 Å². The molecule has 0 bridgehead atoms. The van der Waals surface area contributed by atoms with E-state index < -0.39 is 18.1 Å². The normalized spacial score (nSPS) is 9.88. The first-order chi connectivity index (χ1) is 8.04. The topological polar surface area (TPSA) is 72.2 Å². The Labute approximate surface area is 95.6 Å². The average Bonchev–Trinajstić information content (AvgIpc) is 2.35. The third kappa shape index (κ3) is 2.47. The minimum Gasteiger partial charge on any atom is -0.480 e. The lowest BCUT2D eigenvalue weighted by atomic mass is 10.1. The summed E-state index contributed by atoms with van der Waals surface area (Å²) in [6, 6.07) is 2.46. The van der Waals surface area contributed by atoms with Crippen LogP contribution in [0.15, 0.2) is 6.07 Å². The first kappa shape index (κ1) is 12.8. The van der Waals surface area contributed by atoms with E-state index in [2.05, 4.69) is 9.72 Å². The smallest absolute Gasteiger partial charge is 0.344 e. The number of rotatable bonds is 3. The second kappa shape index (κ2) is 5.21. The van der Waals surface area contributed by atoms with Crippen molar-refractivity contribution in [3.05, 3.63) is 22.9 Å². The van der Waals surface area contributed by atoms with Crippen LogP contribution in [0.5, 0.6) is 5.88 Å². The van der Waals surface area contributed by atoms with Crippen LogP contribution in [-0.4, -0.2) is 25.2 Å². The van der Waals surface area contributed by atoms with Crippen molar-refractivity contribution in [1.82, 2.24) is 4.98 Å². The first-order valence-corrected chi connectivity index (χ1v) is 4.40.